The zero-order chi connectivity index (χ0) is 25.9. The van der Waals surface area contributed by atoms with E-state index >= 15 is 0 Å². The van der Waals surface area contributed by atoms with Gasteiger partial charge in [-0.3, -0.25) is 14.4 Å². The Kier molecular flexibility index (Phi) is 8.57. The molecular weight excluding hydrogens is 486 g/mol. The van der Waals surface area contributed by atoms with Gasteiger partial charge in [-0.05, 0) is 81.1 Å². The van der Waals surface area contributed by atoms with E-state index in [9.17, 15) is 14.4 Å². The van der Waals surface area contributed by atoms with Crippen LogP contribution in [0.4, 0.5) is 0 Å². The van der Waals surface area contributed by atoms with E-state index in [1.54, 1.807) is 16.7 Å². The van der Waals surface area contributed by atoms with Gasteiger partial charge in [0.1, 0.15) is 18.7 Å². The third kappa shape index (κ3) is 5.62. The van der Waals surface area contributed by atoms with Crippen LogP contribution in [-0.4, -0.2) is 89.9 Å². The predicted molar refractivity (Wildman–Crippen MR) is 146 cm³/mol. The molecule has 202 valence electrons. The summed E-state index contributed by atoms with van der Waals surface area (Å²) in [5.74, 6) is 0.281. The summed E-state index contributed by atoms with van der Waals surface area (Å²) in [6.45, 7) is 6.12. The van der Waals surface area contributed by atoms with Gasteiger partial charge in [-0.25, -0.2) is 0 Å². The maximum absolute atomic E-state index is 14.0. The van der Waals surface area contributed by atoms with Gasteiger partial charge in [-0.1, -0.05) is 38.3 Å². The lowest BCUT2D eigenvalue weighted by Crippen LogP contribution is -2.55. The second-order valence-corrected chi connectivity index (χ2v) is 12.2. The van der Waals surface area contributed by atoms with Crippen molar-refractivity contribution >= 4 is 29.4 Å². The molecule has 3 saturated heterocycles. The van der Waals surface area contributed by atoms with Crippen LogP contribution in [0.2, 0.25) is 0 Å². The number of ketones is 1. The monoisotopic (exact) mass is 527 g/mol. The van der Waals surface area contributed by atoms with E-state index < -0.39 is 12.1 Å². The number of benzene rings is 1. The van der Waals surface area contributed by atoms with Gasteiger partial charge in [0.25, 0.3) is 5.91 Å². The molecule has 1 aromatic rings. The van der Waals surface area contributed by atoms with Crippen LogP contribution < -0.4 is 5.32 Å². The molecule has 3 heterocycles. The summed E-state index contributed by atoms with van der Waals surface area (Å²) >= 11 is 1.64. The molecule has 7 nitrogen and oxygen atoms in total. The number of nitrogens with one attached hydrogen (secondary N) is 1. The minimum atomic E-state index is -0.611. The number of likely N-dealkylation sites (tertiary alicyclic amines) is 2. The molecule has 0 unspecified atom stereocenters. The highest BCUT2D eigenvalue weighted by molar-refractivity contribution is 7.99. The van der Waals surface area contributed by atoms with Crippen molar-refractivity contribution in [3.05, 3.63) is 35.4 Å². The first-order valence-corrected chi connectivity index (χ1v) is 15.4. The molecule has 1 aromatic carbocycles. The Morgan fingerprint density at radius 2 is 1.78 bits per heavy atom. The largest absolute Gasteiger partial charge is 0.367 e. The number of amides is 2. The smallest absolute Gasteiger partial charge is 0.251 e. The third-order valence-corrected chi connectivity index (χ3v) is 10.1. The number of piperidine rings is 1. The molecule has 4 atom stereocenters. The first-order valence-electron chi connectivity index (χ1n) is 14.1. The average Bonchev–Trinajstić information content (AvgIpc) is 3.52. The molecule has 0 aromatic heterocycles. The van der Waals surface area contributed by atoms with Crippen LogP contribution >= 0.6 is 11.8 Å². The number of hydrogen-bond donors (Lipinski definition) is 1. The average molecular weight is 528 g/mol. The highest BCUT2D eigenvalue weighted by Gasteiger charge is 2.53. The molecule has 2 amide bonds. The van der Waals surface area contributed by atoms with Gasteiger partial charge in [0.05, 0.1) is 11.4 Å². The van der Waals surface area contributed by atoms with Gasteiger partial charge < -0.3 is 19.9 Å². The fourth-order valence-corrected chi connectivity index (χ4v) is 7.59. The normalized spacial score (nSPS) is 28.3. The third-order valence-electron chi connectivity index (χ3n) is 9.08. The summed E-state index contributed by atoms with van der Waals surface area (Å²) in [4.78, 5) is 44.2. The van der Waals surface area contributed by atoms with Gasteiger partial charge >= 0.3 is 0 Å². The summed E-state index contributed by atoms with van der Waals surface area (Å²) < 4.78 is 5.77. The number of ether oxygens (including phenoxy) is 1. The van der Waals surface area contributed by atoms with Crippen molar-refractivity contribution in [2.75, 3.05) is 39.0 Å². The van der Waals surface area contributed by atoms with E-state index in [2.05, 4.69) is 29.3 Å². The lowest BCUT2D eigenvalue weighted by molar-refractivity contribution is -0.139. The highest BCUT2D eigenvalue weighted by atomic mass is 32.2. The quantitative estimate of drug-likeness (QED) is 0.585. The minimum absolute atomic E-state index is 0.0241. The molecule has 4 fully saturated rings. The van der Waals surface area contributed by atoms with Crippen LogP contribution in [0.15, 0.2) is 24.3 Å². The first kappa shape index (κ1) is 26.7. The molecule has 1 aliphatic carbocycles. The summed E-state index contributed by atoms with van der Waals surface area (Å²) in [6, 6.07) is 6.85. The van der Waals surface area contributed by atoms with E-state index in [-0.39, 0.29) is 41.5 Å². The molecule has 37 heavy (non-hydrogen) atoms. The summed E-state index contributed by atoms with van der Waals surface area (Å²) in [6.07, 6.45) is 9.19. The van der Waals surface area contributed by atoms with E-state index in [0.717, 1.165) is 58.2 Å². The molecule has 0 radical (unpaired) electrons. The Balaban J connectivity index is 1.30. The standard InChI is InChI=1S/C29H41N3O4S/c1-3-31-15-13-20(14-16-31)19-9-11-22(12-10-19)28(34)30-25(21-7-5-4-6-8-21)29(35)32-17-24(37-2)27-26(32)23(33)18-36-27/h9-12,20-21,24-27H,3-8,13-18H2,1-2H3,(H,30,34)/t24-,25-,26+,27+/m0/s1. The molecule has 4 aliphatic rings. The molecule has 1 saturated carbocycles. The maximum atomic E-state index is 14.0. The lowest BCUT2D eigenvalue weighted by Gasteiger charge is -2.34. The number of fused-ring (bicyclic) bond motifs is 1. The number of rotatable bonds is 7. The van der Waals surface area contributed by atoms with Crippen LogP contribution in [0.3, 0.4) is 0 Å². The number of hydrogen-bond acceptors (Lipinski definition) is 6. The number of thioether (sulfide) groups is 1. The molecule has 0 bridgehead atoms. The Bertz CT molecular complexity index is 972. The van der Waals surface area contributed by atoms with Gasteiger partial charge in [0, 0.05) is 12.1 Å². The molecule has 3 aliphatic heterocycles. The van der Waals surface area contributed by atoms with Crippen LogP contribution in [0.1, 0.15) is 73.7 Å². The van der Waals surface area contributed by atoms with E-state index in [0.29, 0.717) is 18.0 Å². The fourth-order valence-electron chi connectivity index (χ4n) is 6.79. The van der Waals surface area contributed by atoms with Crippen molar-refractivity contribution in [1.29, 1.82) is 0 Å². The molecule has 5 rings (SSSR count). The SMILES string of the molecule is CCN1CCC(c2ccc(C(=O)N[C@H](C(=O)N3C[C@H](SC)[C@H]4OCC(=O)[C@H]43)C3CCCCC3)cc2)CC1. The fraction of sp³-hybridized carbons (Fsp3) is 0.690. The van der Waals surface area contributed by atoms with Gasteiger partial charge in [0.15, 0.2) is 5.78 Å². The lowest BCUT2D eigenvalue weighted by atomic mass is 9.83. The summed E-state index contributed by atoms with van der Waals surface area (Å²) in [5.41, 5.74) is 1.88. The van der Waals surface area contributed by atoms with Crippen LogP contribution in [0.5, 0.6) is 0 Å². The van der Waals surface area contributed by atoms with Crippen molar-refractivity contribution in [1.82, 2.24) is 15.1 Å². The summed E-state index contributed by atoms with van der Waals surface area (Å²) in [7, 11) is 0. The molecule has 1 N–H and O–H groups in total. The minimum Gasteiger partial charge on any atom is -0.367 e. The zero-order valence-electron chi connectivity index (χ0n) is 22.2. The topological polar surface area (TPSA) is 79.0 Å². The first-order chi connectivity index (χ1) is 18.0. The number of carbonyl (C=O) groups excluding carboxylic acids is 3. The Morgan fingerprint density at radius 3 is 2.43 bits per heavy atom. The highest BCUT2D eigenvalue weighted by Crippen LogP contribution is 2.36. The molecule has 8 heteroatoms. The number of carbonyl (C=O) groups is 3. The van der Waals surface area contributed by atoms with E-state index in [1.165, 1.54) is 12.0 Å². The number of Topliss-reactive ketones (excluding diaryl/α,β-unsaturated/α-hetero) is 1. The number of nitrogens with zero attached hydrogens (tertiary/aromatic N) is 2. The van der Waals surface area contributed by atoms with Gasteiger partial charge in [0.2, 0.25) is 5.91 Å². The Morgan fingerprint density at radius 1 is 1.08 bits per heavy atom. The van der Waals surface area contributed by atoms with E-state index in [1.807, 2.05) is 18.4 Å². The summed E-state index contributed by atoms with van der Waals surface area (Å²) in [5, 5.41) is 3.21. The van der Waals surface area contributed by atoms with Crippen molar-refractivity contribution in [3.63, 3.8) is 0 Å². The molecular formula is C29H41N3O4S. The Labute approximate surface area is 225 Å². The van der Waals surface area contributed by atoms with Crippen molar-refractivity contribution < 1.29 is 19.1 Å². The Hall–Kier alpha value is -1.90. The van der Waals surface area contributed by atoms with Crippen LogP contribution in [-0.2, 0) is 14.3 Å². The second-order valence-electron chi connectivity index (χ2n) is 11.1. The van der Waals surface area contributed by atoms with Gasteiger partial charge in [-0.2, -0.15) is 11.8 Å². The second kappa shape index (κ2) is 11.9. The van der Waals surface area contributed by atoms with Crippen molar-refractivity contribution in [2.45, 2.75) is 81.2 Å². The zero-order valence-corrected chi connectivity index (χ0v) is 23.0. The van der Waals surface area contributed by atoms with E-state index in [4.69, 9.17) is 4.74 Å². The van der Waals surface area contributed by atoms with Gasteiger partial charge in [-0.15, -0.1) is 0 Å². The maximum Gasteiger partial charge on any atom is 0.251 e. The van der Waals surface area contributed by atoms with Crippen molar-refractivity contribution in [3.8, 4) is 0 Å². The van der Waals surface area contributed by atoms with Crippen LogP contribution in [0.25, 0.3) is 0 Å². The van der Waals surface area contributed by atoms with Crippen LogP contribution in [0, 0.1) is 5.92 Å². The molecule has 0 spiro atoms. The van der Waals surface area contributed by atoms with Crippen molar-refractivity contribution in [2.24, 2.45) is 5.92 Å². The predicted octanol–water partition coefficient (Wildman–Crippen LogP) is 3.47.